The molecule has 6 nitrogen and oxygen atoms in total. The van der Waals surface area contributed by atoms with Crippen LogP contribution < -0.4 is 0 Å². The number of carboxylic acid groups (broad SMARTS) is 1. The number of furan rings is 1. The molecule has 3 aromatic heterocycles. The zero-order valence-corrected chi connectivity index (χ0v) is 12.9. The quantitative estimate of drug-likeness (QED) is 0.799. The molecule has 0 aliphatic carbocycles. The van der Waals surface area contributed by atoms with Gasteiger partial charge in [-0.25, -0.2) is 14.5 Å². The maximum atomic E-state index is 11.6. The first-order valence-corrected chi connectivity index (χ1v) is 7.07. The molecule has 3 heterocycles. The van der Waals surface area contributed by atoms with E-state index in [1.165, 1.54) is 0 Å². The Morgan fingerprint density at radius 2 is 2.05 bits per heavy atom. The van der Waals surface area contributed by atoms with Crippen LogP contribution in [-0.4, -0.2) is 25.8 Å². The maximum absolute atomic E-state index is 11.6. The van der Waals surface area contributed by atoms with E-state index in [0.717, 1.165) is 17.1 Å². The van der Waals surface area contributed by atoms with E-state index in [1.807, 2.05) is 33.8 Å². The predicted octanol–water partition coefficient (Wildman–Crippen LogP) is 3.59. The molecule has 0 radical (unpaired) electrons. The largest absolute Gasteiger partial charge is 0.478 e. The van der Waals surface area contributed by atoms with E-state index in [-0.39, 0.29) is 11.6 Å². The summed E-state index contributed by atoms with van der Waals surface area (Å²) < 4.78 is 7.26. The third-order valence-electron chi connectivity index (χ3n) is 3.60. The maximum Gasteiger partial charge on any atom is 0.336 e. The number of hydrogen-bond acceptors (Lipinski definition) is 4. The normalized spacial score (nSPS) is 11.5. The first-order chi connectivity index (χ1) is 10.4. The van der Waals surface area contributed by atoms with Gasteiger partial charge < -0.3 is 9.52 Å². The number of fused-ring (bicyclic) bond motifs is 1. The van der Waals surface area contributed by atoms with Crippen LogP contribution in [-0.2, 0) is 0 Å². The van der Waals surface area contributed by atoms with Gasteiger partial charge in [0.2, 0.25) is 0 Å². The lowest BCUT2D eigenvalue weighted by molar-refractivity contribution is 0.0699. The van der Waals surface area contributed by atoms with Gasteiger partial charge in [0.25, 0.3) is 0 Å². The summed E-state index contributed by atoms with van der Waals surface area (Å²) in [6.45, 7) is 7.66. The third kappa shape index (κ3) is 2.16. The molecule has 0 aliphatic heterocycles. The fourth-order valence-corrected chi connectivity index (χ4v) is 2.60. The number of carbonyl (C=O) groups is 1. The van der Waals surface area contributed by atoms with Crippen LogP contribution in [0.25, 0.3) is 22.3 Å². The van der Waals surface area contributed by atoms with Gasteiger partial charge in [-0.1, -0.05) is 0 Å². The second-order valence-corrected chi connectivity index (χ2v) is 5.61. The number of aromatic carboxylic acids is 1. The van der Waals surface area contributed by atoms with E-state index >= 15 is 0 Å². The fraction of sp³-hybridized carbons (Fsp3) is 0.312. The second-order valence-electron chi connectivity index (χ2n) is 5.61. The van der Waals surface area contributed by atoms with Crippen molar-refractivity contribution in [2.24, 2.45) is 0 Å². The van der Waals surface area contributed by atoms with Crippen LogP contribution in [0, 0.1) is 13.8 Å². The summed E-state index contributed by atoms with van der Waals surface area (Å²) >= 11 is 0. The van der Waals surface area contributed by atoms with Crippen molar-refractivity contribution in [3.63, 3.8) is 0 Å². The van der Waals surface area contributed by atoms with Crippen molar-refractivity contribution >= 4 is 17.0 Å². The van der Waals surface area contributed by atoms with Crippen molar-refractivity contribution in [1.29, 1.82) is 0 Å². The number of carboxylic acids is 1. The van der Waals surface area contributed by atoms with E-state index in [9.17, 15) is 9.90 Å². The molecule has 0 aromatic carbocycles. The van der Waals surface area contributed by atoms with Crippen molar-refractivity contribution in [1.82, 2.24) is 14.8 Å². The van der Waals surface area contributed by atoms with E-state index in [2.05, 4.69) is 10.1 Å². The molecule has 0 bridgehead atoms. The summed E-state index contributed by atoms with van der Waals surface area (Å²) in [5.74, 6) is 0.495. The van der Waals surface area contributed by atoms with Crippen LogP contribution >= 0.6 is 0 Å². The summed E-state index contributed by atoms with van der Waals surface area (Å²) in [7, 11) is 0. The highest BCUT2D eigenvalue weighted by atomic mass is 16.4. The molecule has 3 rings (SSSR count). The Morgan fingerprint density at radius 3 is 2.59 bits per heavy atom. The number of aromatic nitrogens is 3. The minimum absolute atomic E-state index is 0.0917. The van der Waals surface area contributed by atoms with E-state index in [4.69, 9.17) is 4.42 Å². The Balaban J connectivity index is 2.34. The zero-order valence-electron chi connectivity index (χ0n) is 12.9. The highest BCUT2D eigenvalue weighted by Gasteiger charge is 2.19. The van der Waals surface area contributed by atoms with E-state index in [0.29, 0.717) is 16.7 Å². The molecule has 1 N–H and O–H groups in total. The van der Waals surface area contributed by atoms with Gasteiger partial charge in [-0.2, -0.15) is 5.10 Å². The Morgan fingerprint density at radius 1 is 1.32 bits per heavy atom. The van der Waals surface area contributed by atoms with Gasteiger partial charge in [0.1, 0.15) is 11.5 Å². The monoisotopic (exact) mass is 299 g/mol. The summed E-state index contributed by atoms with van der Waals surface area (Å²) in [6.07, 6.45) is 1.56. The molecule has 0 fully saturated rings. The van der Waals surface area contributed by atoms with Crippen molar-refractivity contribution in [3.05, 3.63) is 35.4 Å². The van der Waals surface area contributed by atoms with E-state index in [1.54, 1.807) is 16.9 Å². The highest BCUT2D eigenvalue weighted by Crippen LogP contribution is 2.29. The van der Waals surface area contributed by atoms with Gasteiger partial charge in [0.15, 0.2) is 5.65 Å². The lowest BCUT2D eigenvalue weighted by Crippen LogP contribution is -2.05. The van der Waals surface area contributed by atoms with Crippen LogP contribution in [0.4, 0.5) is 0 Å². The van der Waals surface area contributed by atoms with Gasteiger partial charge in [-0.3, -0.25) is 0 Å². The fourth-order valence-electron chi connectivity index (χ4n) is 2.60. The number of nitrogens with zero attached hydrogens (tertiary/aromatic N) is 3. The van der Waals surface area contributed by atoms with Gasteiger partial charge in [0.05, 0.1) is 22.8 Å². The lowest BCUT2D eigenvalue weighted by Gasteiger charge is -2.08. The summed E-state index contributed by atoms with van der Waals surface area (Å²) in [6, 6.07) is 3.54. The summed E-state index contributed by atoms with van der Waals surface area (Å²) in [5.41, 5.74) is 2.16. The van der Waals surface area contributed by atoms with Crippen LogP contribution in [0.3, 0.4) is 0 Å². The summed E-state index contributed by atoms with van der Waals surface area (Å²) in [4.78, 5) is 16.2. The third-order valence-corrected chi connectivity index (χ3v) is 3.60. The molecule has 0 unspecified atom stereocenters. The number of pyridine rings is 1. The van der Waals surface area contributed by atoms with Gasteiger partial charge in [0, 0.05) is 11.6 Å². The number of aryl methyl sites for hydroxylation is 2. The lowest BCUT2D eigenvalue weighted by atomic mass is 10.1. The Labute approximate surface area is 127 Å². The van der Waals surface area contributed by atoms with E-state index < -0.39 is 5.97 Å². The average molecular weight is 299 g/mol. The van der Waals surface area contributed by atoms with Crippen molar-refractivity contribution in [2.45, 2.75) is 33.7 Å². The summed E-state index contributed by atoms with van der Waals surface area (Å²) in [5, 5.41) is 14.3. The van der Waals surface area contributed by atoms with Gasteiger partial charge >= 0.3 is 5.97 Å². The molecule has 0 amide bonds. The Hall–Kier alpha value is -2.63. The SMILES string of the molecule is Cc1cc(-c2cc(C(=O)O)c3cnn(C(C)C)c3n2)c(C)o1. The smallest absolute Gasteiger partial charge is 0.336 e. The second kappa shape index (κ2) is 4.98. The molecule has 3 aromatic rings. The molecule has 0 saturated carbocycles. The average Bonchev–Trinajstić information content (AvgIpc) is 3.00. The first-order valence-electron chi connectivity index (χ1n) is 7.07. The Kier molecular flexibility index (Phi) is 3.24. The first kappa shape index (κ1) is 14.3. The van der Waals surface area contributed by atoms with Crippen LogP contribution in [0.5, 0.6) is 0 Å². The molecule has 22 heavy (non-hydrogen) atoms. The zero-order chi connectivity index (χ0) is 16.0. The van der Waals surface area contributed by atoms with Crippen LogP contribution in [0.1, 0.15) is 41.8 Å². The molecule has 0 atom stereocenters. The van der Waals surface area contributed by atoms with Crippen molar-refractivity contribution < 1.29 is 14.3 Å². The topological polar surface area (TPSA) is 81.1 Å². The van der Waals surface area contributed by atoms with Gasteiger partial charge in [-0.05, 0) is 39.8 Å². The molecule has 0 aliphatic rings. The number of rotatable bonds is 3. The van der Waals surface area contributed by atoms with Crippen LogP contribution in [0.15, 0.2) is 22.7 Å². The number of hydrogen-bond donors (Lipinski definition) is 1. The molecule has 114 valence electrons. The minimum atomic E-state index is -0.991. The van der Waals surface area contributed by atoms with Crippen LogP contribution in [0.2, 0.25) is 0 Å². The highest BCUT2D eigenvalue weighted by molar-refractivity contribution is 6.02. The molecule has 6 heteroatoms. The Bertz CT molecular complexity index is 874. The molecular weight excluding hydrogens is 282 g/mol. The molecule has 0 spiro atoms. The molecular formula is C16H17N3O3. The van der Waals surface area contributed by atoms with Crippen molar-refractivity contribution in [2.75, 3.05) is 0 Å². The predicted molar refractivity (Wildman–Crippen MR) is 82.0 cm³/mol. The van der Waals surface area contributed by atoms with Crippen molar-refractivity contribution in [3.8, 4) is 11.3 Å². The molecule has 0 saturated heterocycles. The standard InChI is InChI=1S/C16H17N3O3/c1-8(2)19-15-13(7-17-19)12(16(20)21)6-14(18-15)11-5-9(3)22-10(11)4/h5-8H,1-4H3,(H,20,21). The minimum Gasteiger partial charge on any atom is -0.478 e. The van der Waals surface area contributed by atoms with Gasteiger partial charge in [-0.15, -0.1) is 0 Å².